The van der Waals surface area contributed by atoms with E-state index in [4.69, 9.17) is 0 Å². The Morgan fingerprint density at radius 3 is 2.60 bits per heavy atom. The lowest BCUT2D eigenvalue weighted by molar-refractivity contribution is 0.528. The molecular formula is C16H22N2S2. The van der Waals surface area contributed by atoms with Crippen LogP contribution in [0.15, 0.2) is 34.5 Å². The van der Waals surface area contributed by atoms with Crippen LogP contribution < -0.4 is 5.32 Å². The maximum atomic E-state index is 4.59. The summed E-state index contributed by atoms with van der Waals surface area (Å²) in [5, 5.41) is 6.98. The summed E-state index contributed by atoms with van der Waals surface area (Å²) in [6.45, 7) is 5.30. The monoisotopic (exact) mass is 306 g/mol. The number of nitrogens with zero attached hydrogens (tertiary/aromatic N) is 1. The second-order valence-electron chi connectivity index (χ2n) is 4.87. The van der Waals surface area contributed by atoms with Crippen molar-refractivity contribution < 1.29 is 0 Å². The summed E-state index contributed by atoms with van der Waals surface area (Å²) in [5.41, 5.74) is 2.47. The molecule has 20 heavy (non-hydrogen) atoms. The smallest absolute Gasteiger partial charge is 0.0947 e. The van der Waals surface area contributed by atoms with Crippen molar-refractivity contribution in [3.8, 4) is 0 Å². The summed E-state index contributed by atoms with van der Waals surface area (Å²) in [5.74, 6) is 0. The number of aryl methyl sites for hydroxylation is 1. The highest BCUT2D eigenvalue weighted by atomic mass is 32.2. The standard InChI is InChI=1S/C16H22N2S2/c1-4-9-17-15(10-16-18-12(2)11-20-16)13-5-7-14(19-3)8-6-13/h5-8,11,15,17H,4,9-10H2,1-3H3. The summed E-state index contributed by atoms with van der Waals surface area (Å²) in [7, 11) is 0. The van der Waals surface area contributed by atoms with Gasteiger partial charge in [0.25, 0.3) is 0 Å². The fraction of sp³-hybridized carbons (Fsp3) is 0.438. The van der Waals surface area contributed by atoms with Crippen molar-refractivity contribution in [1.29, 1.82) is 0 Å². The Morgan fingerprint density at radius 2 is 2.05 bits per heavy atom. The van der Waals surface area contributed by atoms with Crippen LogP contribution in [-0.4, -0.2) is 17.8 Å². The minimum absolute atomic E-state index is 0.358. The van der Waals surface area contributed by atoms with E-state index in [9.17, 15) is 0 Å². The zero-order valence-electron chi connectivity index (χ0n) is 12.3. The predicted octanol–water partition coefficient (Wildman–Crippen LogP) is 4.46. The first-order valence-corrected chi connectivity index (χ1v) is 9.11. The zero-order chi connectivity index (χ0) is 14.4. The molecule has 0 aliphatic carbocycles. The third-order valence-corrected chi connectivity index (χ3v) is 4.94. The van der Waals surface area contributed by atoms with E-state index in [-0.39, 0.29) is 0 Å². The van der Waals surface area contributed by atoms with E-state index in [1.165, 1.54) is 15.5 Å². The Bertz CT molecular complexity index is 520. The number of aromatic nitrogens is 1. The van der Waals surface area contributed by atoms with E-state index >= 15 is 0 Å². The second kappa shape index (κ2) is 7.81. The van der Waals surface area contributed by atoms with Gasteiger partial charge in [-0.05, 0) is 43.8 Å². The quantitative estimate of drug-likeness (QED) is 0.765. The molecule has 0 aliphatic heterocycles. The van der Waals surface area contributed by atoms with Gasteiger partial charge in [0.05, 0.1) is 5.01 Å². The van der Waals surface area contributed by atoms with Crippen molar-refractivity contribution in [1.82, 2.24) is 10.3 Å². The summed E-state index contributed by atoms with van der Waals surface area (Å²) in [4.78, 5) is 5.91. The molecule has 108 valence electrons. The van der Waals surface area contributed by atoms with E-state index in [0.29, 0.717) is 6.04 Å². The Labute approximate surface area is 130 Å². The highest BCUT2D eigenvalue weighted by Crippen LogP contribution is 2.23. The van der Waals surface area contributed by atoms with Crippen LogP contribution in [0.25, 0.3) is 0 Å². The second-order valence-corrected chi connectivity index (χ2v) is 6.69. The molecule has 0 radical (unpaired) electrons. The molecule has 0 amide bonds. The van der Waals surface area contributed by atoms with Crippen molar-refractivity contribution in [2.24, 2.45) is 0 Å². The zero-order valence-corrected chi connectivity index (χ0v) is 14.0. The van der Waals surface area contributed by atoms with Crippen molar-refractivity contribution in [3.63, 3.8) is 0 Å². The number of hydrogen-bond donors (Lipinski definition) is 1. The Balaban J connectivity index is 2.12. The molecule has 0 bridgehead atoms. The van der Waals surface area contributed by atoms with Crippen LogP contribution in [0.3, 0.4) is 0 Å². The summed E-state index contributed by atoms with van der Waals surface area (Å²) in [6, 6.07) is 9.23. The van der Waals surface area contributed by atoms with Crippen LogP contribution in [0.2, 0.25) is 0 Å². The van der Waals surface area contributed by atoms with Gasteiger partial charge in [0.1, 0.15) is 0 Å². The van der Waals surface area contributed by atoms with E-state index in [0.717, 1.165) is 25.1 Å². The molecule has 0 fully saturated rings. The molecule has 2 nitrogen and oxygen atoms in total. The first-order chi connectivity index (χ1) is 9.72. The van der Waals surface area contributed by atoms with Gasteiger partial charge in [-0.15, -0.1) is 23.1 Å². The molecule has 2 rings (SSSR count). The van der Waals surface area contributed by atoms with Crippen LogP contribution in [0.4, 0.5) is 0 Å². The van der Waals surface area contributed by atoms with Crippen LogP contribution in [0, 0.1) is 6.92 Å². The molecule has 1 atom stereocenters. The fourth-order valence-corrected chi connectivity index (χ4v) is 3.36. The van der Waals surface area contributed by atoms with Gasteiger partial charge in [-0.2, -0.15) is 0 Å². The molecular weight excluding hydrogens is 284 g/mol. The van der Waals surface area contributed by atoms with Gasteiger partial charge in [0, 0.05) is 28.4 Å². The third-order valence-electron chi connectivity index (χ3n) is 3.20. The molecule has 0 aliphatic rings. The lowest BCUT2D eigenvalue weighted by Gasteiger charge is -2.18. The number of hydrogen-bond acceptors (Lipinski definition) is 4. The lowest BCUT2D eigenvalue weighted by atomic mass is 10.0. The first-order valence-electron chi connectivity index (χ1n) is 7.01. The Morgan fingerprint density at radius 1 is 1.30 bits per heavy atom. The summed E-state index contributed by atoms with van der Waals surface area (Å²) in [6.07, 6.45) is 4.23. The number of thiazole rings is 1. The predicted molar refractivity (Wildman–Crippen MR) is 89.8 cm³/mol. The van der Waals surface area contributed by atoms with E-state index < -0.39 is 0 Å². The van der Waals surface area contributed by atoms with Gasteiger partial charge in [0.15, 0.2) is 0 Å². The maximum absolute atomic E-state index is 4.59. The molecule has 1 aromatic carbocycles. The van der Waals surface area contributed by atoms with Gasteiger partial charge in [-0.3, -0.25) is 0 Å². The largest absolute Gasteiger partial charge is 0.310 e. The molecule has 1 heterocycles. The van der Waals surface area contributed by atoms with Crippen LogP contribution in [0.5, 0.6) is 0 Å². The van der Waals surface area contributed by atoms with Crippen molar-refractivity contribution in [2.75, 3.05) is 12.8 Å². The van der Waals surface area contributed by atoms with Crippen LogP contribution in [-0.2, 0) is 6.42 Å². The van der Waals surface area contributed by atoms with Crippen LogP contribution >= 0.6 is 23.1 Å². The van der Waals surface area contributed by atoms with Gasteiger partial charge < -0.3 is 5.32 Å². The average Bonchev–Trinajstić information content (AvgIpc) is 2.89. The first kappa shape index (κ1) is 15.5. The van der Waals surface area contributed by atoms with E-state index in [1.54, 1.807) is 23.1 Å². The average molecular weight is 307 g/mol. The van der Waals surface area contributed by atoms with Crippen molar-refractivity contribution in [3.05, 3.63) is 45.9 Å². The molecule has 2 aromatic rings. The Hall–Kier alpha value is -0.840. The molecule has 0 saturated carbocycles. The van der Waals surface area contributed by atoms with Crippen LogP contribution in [0.1, 0.15) is 35.7 Å². The van der Waals surface area contributed by atoms with E-state index in [1.807, 2.05) is 0 Å². The Kier molecular flexibility index (Phi) is 6.07. The van der Waals surface area contributed by atoms with Crippen molar-refractivity contribution >= 4 is 23.1 Å². The topological polar surface area (TPSA) is 24.9 Å². The number of benzene rings is 1. The lowest BCUT2D eigenvalue weighted by Crippen LogP contribution is -2.24. The maximum Gasteiger partial charge on any atom is 0.0947 e. The molecule has 4 heteroatoms. The third kappa shape index (κ3) is 4.33. The fourth-order valence-electron chi connectivity index (χ4n) is 2.13. The molecule has 0 saturated heterocycles. The number of rotatable bonds is 7. The number of nitrogens with one attached hydrogen (secondary N) is 1. The SMILES string of the molecule is CCCNC(Cc1nc(C)cs1)c1ccc(SC)cc1. The highest BCUT2D eigenvalue weighted by molar-refractivity contribution is 7.98. The molecule has 1 N–H and O–H groups in total. The highest BCUT2D eigenvalue weighted by Gasteiger charge is 2.13. The molecule has 1 unspecified atom stereocenters. The normalized spacial score (nSPS) is 12.6. The summed E-state index contributed by atoms with van der Waals surface area (Å²) >= 11 is 3.54. The van der Waals surface area contributed by atoms with Gasteiger partial charge >= 0.3 is 0 Å². The van der Waals surface area contributed by atoms with Gasteiger partial charge in [0.2, 0.25) is 0 Å². The van der Waals surface area contributed by atoms with Crippen molar-refractivity contribution in [2.45, 2.75) is 37.6 Å². The number of thioether (sulfide) groups is 1. The molecule has 0 spiro atoms. The minimum Gasteiger partial charge on any atom is -0.310 e. The van der Waals surface area contributed by atoms with Gasteiger partial charge in [-0.25, -0.2) is 4.98 Å². The minimum atomic E-state index is 0.358. The van der Waals surface area contributed by atoms with E-state index in [2.05, 4.69) is 60.0 Å². The van der Waals surface area contributed by atoms with Gasteiger partial charge in [-0.1, -0.05) is 19.1 Å². The molecule has 1 aromatic heterocycles. The summed E-state index contributed by atoms with van der Waals surface area (Å²) < 4.78 is 0.